The van der Waals surface area contributed by atoms with Crippen molar-refractivity contribution in [2.24, 2.45) is 0 Å². The summed E-state index contributed by atoms with van der Waals surface area (Å²) in [5.41, 5.74) is 6.25. The van der Waals surface area contributed by atoms with Crippen molar-refractivity contribution in [1.29, 1.82) is 5.26 Å². The van der Waals surface area contributed by atoms with E-state index in [9.17, 15) is 4.21 Å². The van der Waals surface area contributed by atoms with Gasteiger partial charge >= 0.3 is 0 Å². The fourth-order valence-corrected chi connectivity index (χ4v) is 3.37. The van der Waals surface area contributed by atoms with Gasteiger partial charge in [0.15, 0.2) is 0 Å². The van der Waals surface area contributed by atoms with Crippen LogP contribution in [0.2, 0.25) is 0 Å². The Morgan fingerprint density at radius 1 is 1.44 bits per heavy atom. The quantitative estimate of drug-likeness (QED) is 0.671. The number of benzene rings is 1. The first kappa shape index (κ1) is 13.2. The van der Waals surface area contributed by atoms with Gasteiger partial charge in [-0.05, 0) is 47.0 Å². The summed E-state index contributed by atoms with van der Waals surface area (Å²) in [6.45, 7) is 0. The average molecular weight is 301 g/mol. The molecule has 1 unspecified atom stereocenters. The van der Waals surface area contributed by atoms with E-state index in [1.54, 1.807) is 18.2 Å². The maximum Gasteiger partial charge on any atom is 0.0621 e. The van der Waals surface area contributed by atoms with Crippen LogP contribution in [0.4, 0.5) is 5.69 Å². The maximum atomic E-state index is 11.9. The molecule has 5 heteroatoms. The van der Waals surface area contributed by atoms with E-state index in [1.807, 2.05) is 0 Å². The molecule has 1 rings (SSSR count). The van der Waals surface area contributed by atoms with Gasteiger partial charge in [-0.1, -0.05) is 0 Å². The monoisotopic (exact) mass is 300 g/mol. The number of hydrogen-bond acceptors (Lipinski definition) is 3. The zero-order valence-corrected chi connectivity index (χ0v) is 11.2. The van der Waals surface area contributed by atoms with E-state index >= 15 is 0 Å². The van der Waals surface area contributed by atoms with Gasteiger partial charge in [0.1, 0.15) is 0 Å². The summed E-state index contributed by atoms with van der Waals surface area (Å²) in [5.74, 6) is 0.587. The van der Waals surface area contributed by atoms with Crippen LogP contribution in [0, 0.1) is 11.3 Å². The van der Waals surface area contributed by atoms with Crippen molar-refractivity contribution in [3.63, 3.8) is 0 Å². The lowest BCUT2D eigenvalue weighted by Gasteiger charge is -2.05. The molecule has 0 bridgehead atoms. The summed E-state index contributed by atoms with van der Waals surface area (Å²) in [6, 6.07) is 7.35. The van der Waals surface area contributed by atoms with Crippen LogP contribution in [-0.2, 0) is 10.8 Å². The minimum atomic E-state index is -1.02. The maximum absolute atomic E-state index is 11.9. The number of rotatable bonds is 5. The zero-order valence-electron chi connectivity index (χ0n) is 8.78. The van der Waals surface area contributed by atoms with E-state index in [0.29, 0.717) is 17.9 Å². The van der Waals surface area contributed by atoms with Crippen LogP contribution in [0.3, 0.4) is 0 Å². The fourth-order valence-electron chi connectivity index (χ4n) is 1.25. The van der Waals surface area contributed by atoms with Crippen molar-refractivity contribution in [2.45, 2.75) is 24.2 Å². The van der Waals surface area contributed by atoms with Gasteiger partial charge in [0, 0.05) is 22.3 Å². The molecule has 1 aromatic carbocycles. The molecule has 0 fully saturated rings. The Labute approximate surface area is 106 Å². The lowest BCUT2D eigenvalue weighted by Crippen LogP contribution is -1.99. The summed E-state index contributed by atoms with van der Waals surface area (Å²) in [5, 5.41) is 8.38. The molecule has 2 N–H and O–H groups in total. The van der Waals surface area contributed by atoms with Crippen molar-refractivity contribution < 1.29 is 4.21 Å². The number of nitriles is 1. The fraction of sp³-hybridized carbons (Fsp3) is 0.364. The first-order valence-electron chi connectivity index (χ1n) is 4.95. The van der Waals surface area contributed by atoms with Crippen LogP contribution in [0.1, 0.15) is 19.3 Å². The molecule has 0 amide bonds. The highest BCUT2D eigenvalue weighted by molar-refractivity contribution is 9.10. The lowest BCUT2D eigenvalue weighted by atomic mass is 10.3. The second kappa shape index (κ2) is 6.66. The third-order valence-electron chi connectivity index (χ3n) is 2.07. The van der Waals surface area contributed by atoms with Crippen LogP contribution in [0.5, 0.6) is 0 Å². The third kappa shape index (κ3) is 3.95. The average Bonchev–Trinajstić information content (AvgIpc) is 2.24. The van der Waals surface area contributed by atoms with E-state index in [1.165, 1.54) is 0 Å². The molecule has 0 saturated carbocycles. The molecular weight excluding hydrogens is 288 g/mol. The Kier molecular flexibility index (Phi) is 5.50. The third-order valence-corrected chi connectivity index (χ3v) is 4.49. The van der Waals surface area contributed by atoms with Gasteiger partial charge in [0.05, 0.1) is 21.8 Å². The Balaban J connectivity index is 2.57. The smallest absolute Gasteiger partial charge is 0.0621 e. The lowest BCUT2D eigenvalue weighted by molar-refractivity contribution is 0.678. The van der Waals surface area contributed by atoms with E-state index in [4.69, 9.17) is 11.0 Å². The molecule has 0 heterocycles. The highest BCUT2D eigenvalue weighted by Crippen LogP contribution is 2.23. The minimum absolute atomic E-state index is 0.528. The molecule has 0 aliphatic rings. The van der Waals surface area contributed by atoms with Gasteiger partial charge in [-0.25, -0.2) is 0 Å². The molecular formula is C11H13BrN2OS. The van der Waals surface area contributed by atoms with Crippen molar-refractivity contribution >= 4 is 32.4 Å². The van der Waals surface area contributed by atoms with Gasteiger partial charge in [-0.3, -0.25) is 4.21 Å². The molecule has 0 aliphatic carbocycles. The van der Waals surface area contributed by atoms with Crippen LogP contribution in [-0.4, -0.2) is 9.96 Å². The molecule has 0 aliphatic heterocycles. The normalized spacial score (nSPS) is 12.0. The van der Waals surface area contributed by atoms with Gasteiger partial charge in [0.2, 0.25) is 0 Å². The first-order valence-corrected chi connectivity index (χ1v) is 7.06. The molecule has 16 heavy (non-hydrogen) atoms. The topological polar surface area (TPSA) is 66.9 Å². The molecule has 1 atom stereocenters. The van der Waals surface area contributed by atoms with Gasteiger partial charge < -0.3 is 5.73 Å². The zero-order chi connectivity index (χ0) is 12.0. The van der Waals surface area contributed by atoms with E-state index in [0.717, 1.165) is 22.2 Å². The molecule has 86 valence electrons. The number of nitrogens with zero attached hydrogens (tertiary/aromatic N) is 1. The molecule has 0 aromatic heterocycles. The van der Waals surface area contributed by atoms with Crippen molar-refractivity contribution in [1.82, 2.24) is 0 Å². The molecule has 0 spiro atoms. The van der Waals surface area contributed by atoms with Gasteiger partial charge in [0.25, 0.3) is 0 Å². The molecule has 3 nitrogen and oxygen atoms in total. The number of nitrogen functional groups attached to an aromatic ring is 1. The minimum Gasteiger partial charge on any atom is -0.399 e. The van der Waals surface area contributed by atoms with Crippen LogP contribution < -0.4 is 5.73 Å². The van der Waals surface area contributed by atoms with E-state index < -0.39 is 10.8 Å². The SMILES string of the molecule is N#CCCCCS(=O)c1ccc(N)cc1Br. The van der Waals surface area contributed by atoms with Crippen LogP contribution in [0.25, 0.3) is 0 Å². The number of anilines is 1. The van der Waals surface area contributed by atoms with Gasteiger partial charge in [-0.2, -0.15) is 5.26 Å². The molecule has 0 radical (unpaired) electrons. The summed E-state index contributed by atoms with van der Waals surface area (Å²) in [7, 11) is -1.02. The van der Waals surface area contributed by atoms with Crippen LogP contribution >= 0.6 is 15.9 Å². The predicted octanol–water partition coefficient (Wildman–Crippen LogP) is 2.83. The first-order chi connectivity index (χ1) is 7.65. The number of halogens is 1. The summed E-state index contributed by atoms with van der Waals surface area (Å²) in [4.78, 5) is 0.770. The summed E-state index contributed by atoms with van der Waals surface area (Å²) >= 11 is 3.34. The summed E-state index contributed by atoms with van der Waals surface area (Å²) < 4.78 is 12.7. The molecule has 0 saturated heterocycles. The standard InChI is InChI=1S/C11H13BrN2OS/c12-10-8-9(14)4-5-11(10)16(15)7-3-1-2-6-13/h4-5,8H,1-3,7,14H2. The summed E-state index contributed by atoms with van der Waals surface area (Å²) in [6.07, 6.45) is 2.13. The Morgan fingerprint density at radius 2 is 2.19 bits per heavy atom. The van der Waals surface area contributed by atoms with Crippen LogP contribution in [0.15, 0.2) is 27.6 Å². The highest BCUT2D eigenvalue weighted by atomic mass is 79.9. The van der Waals surface area contributed by atoms with Crippen molar-refractivity contribution in [3.8, 4) is 6.07 Å². The predicted molar refractivity (Wildman–Crippen MR) is 69.3 cm³/mol. The largest absolute Gasteiger partial charge is 0.399 e. The van der Waals surface area contributed by atoms with Crippen molar-refractivity contribution in [3.05, 3.63) is 22.7 Å². The van der Waals surface area contributed by atoms with E-state index in [-0.39, 0.29) is 0 Å². The Bertz CT molecular complexity index is 428. The van der Waals surface area contributed by atoms with Crippen molar-refractivity contribution in [2.75, 3.05) is 11.5 Å². The molecule has 1 aromatic rings. The Morgan fingerprint density at radius 3 is 2.81 bits per heavy atom. The second-order valence-corrected chi connectivity index (χ2v) is 5.75. The highest BCUT2D eigenvalue weighted by Gasteiger charge is 2.08. The Hall–Kier alpha value is -0.860. The number of hydrogen-bond donors (Lipinski definition) is 1. The van der Waals surface area contributed by atoms with E-state index in [2.05, 4.69) is 22.0 Å². The second-order valence-electron chi connectivity index (χ2n) is 3.35. The number of unbranched alkanes of at least 4 members (excludes halogenated alkanes) is 2. The number of nitrogens with two attached hydrogens (primary N) is 1. The van der Waals surface area contributed by atoms with Gasteiger partial charge in [-0.15, -0.1) is 0 Å².